The Hall–Kier alpha value is -2.37. The maximum atomic E-state index is 12.0. The van der Waals surface area contributed by atoms with Crippen molar-refractivity contribution >= 4 is 17.7 Å². The summed E-state index contributed by atoms with van der Waals surface area (Å²) in [7, 11) is 1.55. The summed E-state index contributed by atoms with van der Waals surface area (Å²) < 4.78 is 5.07. The molecule has 3 amide bonds. The summed E-state index contributed by atoms with van der Waals surface area (Å²) in [4.78, 5) is 35.7. The molecule has 0 atom stereocenters. The summed E-state index contributed by atoms with van der Waals surface area (Å²) in [6, 6.07) is 7.12. The second-order valence-corrected chi connectivity index (χ2v) is 4.25. The van der Waals surface area contributed by atoms with Crippen molar-refractivity contribution in [3.8, 4) is 5.75 Å². The Morgan fingerprint density at radius 3 is 2.63 bits per heavy atom. The van der Waals surface area contributed by atoms with E-state index in [1.54, 1.807) is 31.4 Å². The van der Waals surface area contributed by atoms with Gasteiger partial charge in [-0.15, -0.1) is 0 Å². The van der Waals surface area contributed by atoms with Crippen LogP contribution in [0.1, 0.15) is 5.56 Å². The number of nitrogens with one attached hydrogen (secondary N) is 1. The molecule has 1 aromatic carbocycles. The van der Waals surface area contributed by atoms with E-state index in [-0.39, 0.29) is 25.4 Å². The molecule has 1 heterocycles. The van der Waals surface area contributed by atoms with Gasteiger partial charge in [-0.3, -0.25) is 19.7 Å². The fourth-order valence-corrected chi connectivity index (χ4v) is 1.88. The monoisotopic (exact) mass is 262 g/mol. The zero-order valence-electron chi connectivity index (χ0n) is 10.5. The summed E-state index contributed by atoms with van der Waals surface area (Å²) in [6.07, 6.45) is 0.137. The first-order valence-corrected chi connectivity index (χ1v) is 5.82. The van der Waals surface area contributed by atoms with Gasteiger partial charge >= 0.3 is 0 Å². The molecule has 1 aromatic rings. The lowest BCUT2D eigenvalue weighted by Crippen LogP contribution is -2.53. The molecular weight excluding hydrogens is 248 g/mol. The van der Waals surface area contributed by atoms with Crippen molar-refractivity contribution < 1.29 is 19.1 Å². The molecule has 0 radical (unpaired) electrons. The van der Waals surface area contributed by atoms with E-state index in [1.807, 2.05) is 0 Å². The molecule has 6 heteroatoms. The van der Waals surface area contributed by atoms with E-state index in [4.69, 9.17) is 4.74 Å². The van der Waals surface area contributed by atoms with Crippen LogP contribution < -0.4 is 10.1 Å². The minimum absolute atomic E-state index is 0.0749. The molecule has 0 bridgehead atoms. The van der Waals surface area contributed by atoms with E-state index >= 15 is 0 Å². The maximum Gasteiger partial charge on any atom is 0.246 e. The topological polar surface area (TPSA) is 75.7 Å². The summed E-state index contributed by atoms with van der Waals surface area (Å²) >= 11 is 0. The van der Waals surface area contributed by atoms with Crippen molar-refractivity contribution in [1.82, 2.24) is 10.2 Å². The van der Waals surface area contributed by atoms with Crippen LogP contribution in [0.4, 0.5) is 0 Å². The van der Waals surface area contributed by atoms with Crippen LogP contribution in [0.15, 0.2) is 24.3 Å². The van der Waals surface area contributed by atoms with Crippen molar-refractivity contribution in [2.75, 3.05) is 20.2 Å². The Morgan fingerprint density at radius 2 is 2.00 bits per heavy atom. The molecule has 0 unspecified atom stereocenters. The quantitative estimate of drug-likeness (QED) is 0.760. The highest BCUT2D eigenvalue weighted by atomic mass is 16.5. The van der Waals surface area contributed by atoms with E-state index < -0.39 is 11.8 Å². The number of benzene rings is 1. The van der Waals surface area contributed by atoms with E-state index in [9.17, 15) is 14.4 Å². The second-order valence-electron chi connectivity index (χ2n) is 4.25. The van der Waals surface area contributed by atoms with Gasteiger partial charge in [0, 0.05) is 0 Å². The predicted octanol–water partition coefficient (Wildman–Crippen LogP) is -0.277. The zero-order valence-corrected chi connectivity index (χ0v) is 10.5. The fraction of sp³-hybridized carbons (Fsp3) is 0.308. The molecule has 1 fully saturated rings. The van der Waals surface area contributed by atoms with Crippen LogP contribution in [-0.2, 0) is 20.8 Å². The maximum absolute atomic E-state index is 12.0. The first kappa shape index (κ1) is 13.1. The van der Waals surface area contributed by atoms with Crippen molar-refractivity contribution in [3.05, 3.63) is 29.8 Å². The third kappa shape index (κ3) is 3.31. The van der Waals surface area contributed by atoms with Gasteiger partial charge in [0.2, 0.25) is 17.7 Å². The number of nitrogens with zero attached hydrogens (tertiary/aromatic N) is 1. The SMILES string of the molecule is COc1cccc(CC(=O)N2CC(=O)NC(=O)C2)c1. The number of rotatable bonds is 3. The number of piperazine rings is 1. The van der Waals surface area contributed by atoms with Crippen LogP contribution in [0.2, 0.25) is 0 Å². The number of carbonyl (C=O) groups excluding carboxylic acids is 3. The van der Waals surface area contributed by atoms with E-state index in [0.29, 0.717) is 5.75 Å². The second kappa shape index (κ2) is 5.51. The Kier molecular flexibility index (Phi) is 3.79. The molecular formula is C13H14N2O4. The number of amides is 3. The molecule has 1 saturated heterocycles. The van der Waals surface area contributed by atoms with Crippen molar-refractivity contribution in [1.29, 1.82) is 0 Å². The Labute approximate surface area is 110 Å². The molecule has 1 aliphatic rings. The third-order valence-corrected chi connectivity index (χ3v) is 2.79. The summed E-state index contributed by atoms with van der Waals surface area (Å²) in [5, 5.41) is 2.15. The first-order valence-electron chi connectivity index (χ1n) is 5.82. The Balaban J connectivity index is 2.03. The fourth-order valence-electron chi connectivity index (χ4n) is 1.88. The summed E-state index contributed by atoms with van der Waals surface area (Å²) in [5.41, 5.74) is 0.780. The van der Waals surface area contributed by atoms with Crippen LogP contribution in [0, 0.1) is 0 Å². The highest BCUT2D eigenvalue weighted by molar-refractivity contribution is 6.02. The van der Waals surface area contributed by atoms with Crippen LogP contribution in [-0.4, -0.2) is 42.8 Å². The molecule has 19 heavy (non-hydrogen) atoms. The average molecular weight is 262 g/mol. The Morgan fingerprint density at radius 1 is 1.32 bits per heavy atom. The van der Waals surface area contributed by atoms with Crippen molar-refractivity contribution in [3.63, 3.8) is 0 Å². The number of ether oxygens (including phenoxy) is 1. The van der Waals surface area contributed by atoms with E-state index in [2.05, 4.69) is 5.32 Å². The third-order valence-electron chi connectivity index (χ3n) is 2.79. The van der Waals surface area contributed by atoms with Gasteiger partial charge in [0.15, 0.2) is 0 Å². The molecule has 2 rings (SSSR count). The van der Waals surface area contributed by atoms with Gasteiger partial charge in [-0.05, 0) is 17.7 Å². The van der Waals surface area contributed by atoms with Gasteiger partial charge in [-0.25, -0.2) is 0 Å². The molecule has 0 saturated carbocycles. The lowest BCUT2D eigenvalue weighted by atomic mass is 10.1. The van der Waals surface area contributed by atoms with Gasteiger partial charge in [0.1, 0.15) is 18.8 Å². The highest BCUT2D eigenvalue weighted by Crippen LogP contribution is 2.14. The van der Waals surface area contributed by atoms with Gasteiger partial charge < -0.3 is 9.64 Å². The largest absolute Gasteiger partial charge is 0.497 e. The molecule has 6 nitrogen and oxygen atoms in total. The minimum atomic E-state index is -0.449. The van der Waals surface area contributed by atoms with Crippen molar-refractivity contribution in [2.45, 2.75) is 6.42 Å². The number of hydrogen-bond acceptors (Lipinski definition) is 4. The molecule has 1 aliphatic heterocycles. The van der Waals surface area contributed by atoms with Gasteiger partial charge in [0.25, 0.3) is 0 Å². The van der Waals surface area contributed by atoms with E-state index in [1.165, 1.54) is 4.90 Å². The Bertz CT molecular complexity index is 511. The van der Waals surface area contributed by atoms with Crippen LogP contribution >= 0.6 is 0 Å². The number of hydrogen-bond donors (Lipinski definition) is 1. The molecule has 100 valence electrons. The standard InChI is InChI=1S/C13H14N2O4/c1-19-10-4-2-3-9(5-10)6-13(18)15-7-11(16)14-12(17)8-15/h2-5H,6-8H2,1H3,(H,14,16,17). The molecule has 0 spiro atoms. The van der Waals surface area contributed by atoms with Gasteiger partial charge in [0.05, 0.1) is 13.5 Å². The van der Waals surface area contributed by atoms with Crippen LogP contribution in [0.25, 0.3) is 0 Å². The van der Waals surface area contributed by atoms with Crippen molar-refractivity contribution in [2.24, 2.45) is 0 Å². The molecule has 0 aliphatic carbocycles. The summed E-state index contributed by atoms with van der Waals surface area (Å²) in [5.74, 6) is -0.486. The predicted molar refractivity (Wildman–Crippen MR) is 66.4 cm³/mol. The zero-order chi connectivity index (χ0) is 13.8. The summed E-state index contributed by atoms with van der Waals surface area (Å²) in [6.45, 7) is -0.150. The average Bonchev–Trinajstić information content (AvgIpc) is 2.37. The lowest BCUT2D eigenvalue weighted by molar-refractivity contribution is -0.145. The number of imide groups is 1. The smallest absolute Gasteiger partial charge is 0.246 e. The minimum Gasteiger partial charge on any atom is -0.497 e. The van der Waals surface area contributed by atoms with Crippen LogP contribution in [0.5, 0.6) is 5.75 Å². The first-order chi connectivity index (χ1) is 9.08. The lowest BCUT2D eigenvalue weighted by Gasteiger charge is -2.25. The molecule has 0 aromatic heterocycles. The van der Waals surface area contributed by atoms with E-state index in [0.717, 1.165) is 5.56 Å². The molecule has 1 N–H and O–H groups in total. The number of methoxy groups -OCH3 is 1. The van der Waals surface area contributed by atoms with Crippen LogP contribution in [0.3, 0.4) is 0 Å². The normalized spacial score (nSPS) is 15.1. The van der Waals surface area contributed by atoms with Gasteiger partial charge in [-0.2, -0.15) is 0 Å². The highest BCUT2D eigenvalue weighted by Gasteiger charge is 2.26. The number of carbonyl (C=O) groups is 3. The van der Waals surface area contributed by atoms with Gasteiger partial charge in [-0.1, -0.05) is 12.1 Å².